The molecule has 3 heterocycles. The Morgan fingerprint density at radius 2 is 1.88 bits per heavy atom. The summed E-state index contributed by atoms with van der Waals surface area (Å²) in [6.07, 6.45) is 1.89. The van der Waals surface area contributed by atoms with E-state index in [0.29, 0.717) is 6.04 Å². The highest BCUT2D eigenvalue weighted by atomic mass is 35.5. The second-order valence-corrected chi connectivity index (χ2v) is 7.82. The van der Waals surface area contributed by atoms with Crippen molar-refractivity contribution in [2.45, 2.75) is 19.9 Å². The number of aryl methyl sites for hydroxylation is 1. The molecule has 4 rings (SSSR count). The van der Waals surface area contributed by atoms with Gasteiger partial charge in [0, 0.05) is 48.2 Å². The van der Waals surface area contributed by atoms with E-state index in [2.05, 4.69) is 39.2 Å². The van der Waals surface area contributed by atoms with Gasteiger partial charge in [0.15, 0.2) is 0 Å². The van der Waals surface area contributed by atoms with Gasteiger partial charge in [0.2, 0.25) is 0 Å². The van der Waals surface area contributed by atoms with Gasteiger partial charge in [0.25, 0.3) is 0 Å². The molecule has 1 saturated heterocycles. The monoisotopic (exact) mass is 372 g/mol. The zero-order valence-corrected chi connectivity index (χ0v) is 16.0. The number of hydrogen-bond donors (Lipinski definition) is 0. The van der Waals surface area contributed by atoms with Crippen LogP contribution >= 0.6 is 22.9 Å². The molecule has 1 aromatic carbocycles. The van der Waals surface area contributed by atoms with Crippen LogP contribution in [0.2, 0.25) is 5.02 Å². The minimum Gasteiger partial charge on any atom is -0.354 e. The largest absolute Gasteiger partial charge is 0.354 e. The quantitative estimate of drug-likeness (QED) is 0.675. The van der Waals surface area contributed by atoms with Crippen LogP contribution in [0.4, 0.5) is 5.82 Å². The molecule has 0 bridgehead atoms. The van der Waals surface area contributed by atoms with Crippen molar-refractivity contribution in [3.63, 3.8) is 0 Å². The Morgan fingerprint density at radius 1 is 1.12 bits per heavy atom. The normalized spacial score (nSPS) is 17.2. The number of thiazole rings is 1. The summed E-state index contributed by atoms with van der Waals surface area (Å²) < 4.78 is 0. The van der Waals surface area contributed by atoms with Crippen LogP contribution in [0.5, 0.6) is 0 Å². The van der Waals surface area contributed by atoms with Crippen molar-refractivity contribution in [3.8, 4) is 0 Å². The second-order valence-electron chi connectivity index (χ2n) is 6.48. The van der Waals surface area contributed by atoms with E-state index in [0.717, 1.165) is 53.5 Å². The van der Waals surface area contributed by atoms with E-state index in [1.807, 2.05) is 25.3 Å². The van der Waals surface area contributed by atoms with Gasteiger partial charge in [-0.2, -0.15) is 0 Å². The standard InChI is InChI=1S/C19H21ClN4S/c1-13-16(20)5-3-15-4-6-17(22-18(13)15)24-10-8-23(9-11-24)14(2)19-21-7-12-25-19/h3-7,12,14H,8-11H2,1-2H3. The predicted octanol–water partition coefficient (Wildman–Crippen LogP) is 4.54. The third kappa shape index (κ3) is 3.24. The fourth-order valence-corrected chi connectivity index (χ4v) is 4.29. The maximum atomic E-state index is 6.26. The number of benzene rings is 1. The van der Waals surface area contributed by atoms with Crippen molar-refractivity contribution in [2.75, 3.05) is 31.1 Å². The highest BCUT2D eigenvalue weighted by Crippen LogP contribution is 2.28. The van der Waals surface area contributed by atoms with Gasteiger partial charge >= 0.3 is 0 Å². The number of anilines is 1. The van der Waals surface area contributed by atoms with E-state index in [-0.39, 0.29) is 0 Å². The molecule has 1 unspecified atom stereocenters. The van der Waals surface area contributed by atoms with Crippen LogP contribution in [-0.2, 0) is 0 Å². The van der Waals surface area contributed by atoms with Crippen molar-refractivity contribution < 1.29 is 0 Å². The highest BCUT2D eigenvalue weighted by Gasteiger charge is 2.24. The van der Waals surface area contributed by atoms with Gasteiger partial charge in [-0.15, -0.1) is 11.3 Å². The predicted molar refractivity (Wildman–Crippen MR) is 106 cm³/mol. The number of fused-ring (bicyclic) bond motifs is 1. The van der Waals surface area contributed by atoms with Crippen molar-refractivity contribution in [3.05, 3.63) is 51.4 Å². The maximum Gasteiger partial charge on any atom is 0.129 e. The summed E-state index contributed by atoms with van der Waals surface area (Å²) in [6, 6.07) is 8.63. The lowest BCUT2D eigenvalue weighted by atomic mass is 10.1. The molecule has 0 aliphatic carbocycles. The smallest absolute Gasteiger partial charge is 0.129 e. The van der Waals surface area contributed by atoms with Gasteiger partial charge in [0.05, 0.1) is 11.6 Å². The van der Waals surface area contributed by atoms with E-state index in [1.54, 1.807) is 11.3 Å². The van der Waals surface area contributed by atoms with Crippen LogP contribution in [-0.4, -0.2) is 41.0 Å². The number of pyridine rings is 1. The number of piperazine rings is 1. The zero-order chi connectivity index (χ0) is 17.4. The summed E-state index contributed by atoms with van der Waals surface area (Å²) in [5.41, 5.74) is 2.06. The van der Waals surface area contributed by atoms with Gasteiger partial charge in [-0.3, -0.25) is 4.90 Å². The molecule has 1 aliphatic rings. The molecule has 1 aliphatic heterocycles. The molecule has 0 N–H and O–H groups in total. The highest BCUT2D eigenvalue weighted by molar-refractivity contribution is 7.09. The Labute approximate surface area is 157 Å². The van der Waals surface area contributed by atoms with E-state index in [4.69, 9.17) is 16.6 Å². The first-order valence-electron chi connectivity index (χ1n) is 8.58. The van der Waals surface area contributed by atoms with Gasteiger partial charge in [-0.25, -0.2) is 9.97 Å². The first kappa shape index (κ1) is 16.8. The lowest BCUT2D eigenvalue weighted by Crippen LogP contribution is -2.47. The molecule has 25 heavy (non-hydrogen) atoms. The number of rotatable bonds is 3. The van der Waals surface area contributed by atoms with Crippen LogP contribution in [0, 0.1) is 6.92 Å². The molecule has 2 aromatic heterocycles. The summed E-state index contributed by atoms with van der Waals surface area (Å²) >= 11 is 8.00. The molecular weight excluding hydrogens is 352 g/mol. The summed E-state index contributed by atoms with van der Waals surface area (Å²) in [7, 11) is 0. The van der Waals surface area contributed by atoms with Crippen LogP contribution in [0.3, 0.4) is 0 Å². The first-order chi connectivity index (χ1) is 12.1. The van der Waals surface area contributed by atoms with E-state index < -0.39 is 0 Å². The fourth-order valence-electron chi connectivity index (χ4n) is 3.41. The molecule has 0 spiro atoms. The molecule has 0 saturated carbocycles. The minimum absolute atomic E-state index is 0.382. The summed E-state index contributed by atoms with van der Waals surface area (Å²) in [4.78, 5) is 14.2. The Kier molecular flexibility index (Phi) is 4.63. The summed E-state index contributed by atoms with van der Waals surface area (Å²) in [6.45, 7) is 8.29. The first-order valence-corrected chi connectivity index (χ1v) is 9.83. The van der Waals surface area contributed by atoms with Gasteiger partial charge in [0.1, 0.15) is 10.8 Å². The number of aromatic nitrogens is 2. The lowest BCUT2D eigenvalue weighted by Gasteiger charge is -2.38. The van der Waals surface area contributed by atoms with Crippen molar-refractivity contribution in [1.29, 1.82) is 0 Å². The van der Waals surface area contributed by atoms with E-state index in [1.165, 1.54) is 5.01 Å². The summed E-state index contributed by atoms with van der Waals surface area (Å²) in [5.74, 6) is 1.04. The Bertz CT molecular complexity index is 873. The average Bonchev–Trinajstić information content (AvgIpc) is 3.19. The molecule has 130 valence electrons. The molecular formula is C19H21ClN4S. The number of halogens is 1. The SMILES string of the molecule is Cc1c(Cl)ccc2ccc(N3CCN(C(C)c4nccs4)CC3)nc12. The Morgan fingerprint density at radius 3 is 2.60 bits per heavy atom. The lowest BCUT2D eigenvalue weighted by molar-refractivity contribution is 0.198. The molecule has 0 amide bonds. The van der Waals surface area contributed by atoms with Crippen LogP contribution in [0.25, 0.3) is 10.9 Å². The molecule has 1 fully saturated rings. The van der Waals surface area contributed by atoms with Gasteiger partial charge in [-0.05, 0) is 37.6 Å². The molecule has 6 heteroatoms. The minimum atomic E-state index is 0.382. The zero-order valence-electron chi connectivity index (χ0n) is 14.4. The van der Waals surface area contributed by atoms with E-state index >= 15 is 0 Å². The molecule has 0 radical (unpaired) electrons. The molecule has 3 aromatic rings. The Balaban J connectivity index is 1.51. The van der Waals surface area contributed by atoms with Crippen molar-refractivity contribution >= 4 is 39.7 Å². The average molecular weight is 373 g/mol. The van der Waals surface area contributed by atoms with Crippen LogP contribution in [0.15, 0.2) is 35.8 Å². The van der Waals surface area contributed by atoms with Gasteiger partial charge in [-0.1, -0.05) is 17.7 Å². The topological polar surface area (TPSA) is 32.3 Å². The fraction of sp³-hybridized carbons (Fsp3) is 0.368. The number of nitrogens with zero attached hydrogens (tertiary/aromatic N) is 4. The maximum absolute atomic E-state index is 6.26. The third-order valence-electron chi connectivity index (χ3n) is 5.03. The van der Waals surface area contributed by atoms with Gasteiger partial charge < -0.3 is 4.90 Å². The summed E-state index contributed by atoms with van der Waals surface area (Å²) in [5, 5.41) is 5.16. The second kappa shape index (κ2) is 6.90. The number of hydrogen-bond acceptors (Lipinski definition) is 5. The molecule has 1 atom stereocenters. The van der Waals surface area contributed by atoms with Crippen LogP contribution in [0.1, 0.15) is 23.5 Å². The molecule has 4 nitrogen and oxygen atoms in total. The van der Waals surface area contributed by atoms with Crippen molar-refractivity contribution in [2.24, 2.45) is 0 Å². The third-order valence-corrected chi connectivity index (χ3v) is 6.38. The van der Waals surface area contributed by atoms with E-state index in [9.17, 15) is 0 Å². The Hall–Kier alpha value is -1.69. The van der Waals surface area contributed by atoms with Crippen LogP contribution < -0.4 is 4.90 Å². The van der Waals surface area contributed by atoms with Crippen molar-refractivity contribution in [1.82, 2.24) is 14.9 Å².